The van der Waals surface area contributed by atoms with Gasteiger partial charge in [0.25, 0.3) is 0 Å². The Hall–Kier alpha value is -7.10. The third kappa shape index (κ3) is 2.84. The van der Waals surface area contributed by atoms with Crippen molar-refractivity contribution in [2.75, 3.05) is 0 Å². The first-order valence-corrected chi connectivity index (χ1v) is 22.3. The average Bonchev–Trinajstić information content (AvgIpc) is 3.85. The number of aromatic nitrogens is 1. The molecule has 0 N–H and O–H groups in total. The van der Waals surface area contributed by atoms with Gasteiger partial charge in [-0.05, 0) is 108 Å². The molecular formula is C59H35NO2. The molecule has 7 aliphatic rings. The van der Waals surface area contributed by atoms with Crippen LogP contribution in [0.3, 0.4) is 0 Å². The van der Waals surface area contributed by atoms with Gasteiger partial charge in [0, 0.05) is 60.8 Å². The second-order valence-electron chi connectivity index (χ2n) is 20.0. The van der Waals surface area contributed by atoms with E-state index in [9.17, 15) is 0 Å². The minimum atomic E-state index is -0.330. The summed E-state index contributed by atoms with van der Waals surface area (Å²) in [6.45, 7) is 4.76. The molecule has 7 aliphatic carbocycles. The molecule has 10 aromatic rings. The molecule has 3 heteroatoms. The number of Topliss-reactive ketones (excluding diaryl/α,β-unsaturated/α-hetero) is 2. The van der Waals surface area contributed by atoms with Crippen molar-refractivity contribution in [3.8, 4) is 11.1 Å². The van der Waals surface area contributed by atoms with Crippen LogP contribution in [0.25, 0.3) is 49.2 Å². The summed E-state index contributed by atoms with van der Waals surface area (Å²) in [5, 5.41) is 4.86. The smallest absolute Gasteiger partial charge is 0.171 e. The van der Waals surface area contributed by atoms with Crippen LogP contribution in [-0.2, 0) is 16.2 Å². The first kappa shape index (κ1) is 31.7. The van der Waals surface area contributed by atoms with Gasteiger partial charge in [-0.1, -0.05) is 135 Å². The van der Waals surface area contributed by atoms with Crippen molar-refractivity contribution < 1.29 is 9.59 Å². The molecule has 0 radical (unpaired) electrons. The van der Waals surface area contributed by atoms with Gasteiger partial charge in [-0.2, -0.15) is 0 Å². The van der Waals surface area contributed by atoms with Crippen LogP contribution in [0.5, 0.6) is 0 Å². The summed E-state index contributed by atoms with van der Waals surface area (Å²) < 4.78 is 2.45. The van der Waals surface area contributed by atoms with Crippen LogP contribution >= 0.6 is 0 Å². The summed E-state index contributed by atoms with van der Waals surface area (Å²) in [5.74, 6) is 0.265. The van der Waals surface area contributed by atoms with E-state index in [1.807, 2.05) is 0 Å². The zero-order valence-electron chi connectivity index (χ0n) is 34.0. The van der Waals surface area contributed by atoms with E-state index in [0.29, 0.717) is 0 Å². The molecule has 0 saturated heterocycles. The number of ketones is 2. The van der Waals surface area contributed by atoms with Gasteiger partial charge < -0.3 is 4.40 Å². The van der Waals surface area contributed by atoms with Gasteiger partial charge >= 0.3 is 0 Å². The lowest BCUT2D eigenvalue weighted by Gasteiger charge is -2.64. The molecule has 2 spiro atoms. The van der Waals surface area contributed by atoms with E-state index < -0.39 is 0 Å². The summed E-state index contributed by atoms with van der Waals surface area (Å²) >= 11 is 0. The van der Waals surface area contributed by atoms with Crippen LogP contribution in [-0.4, -0.2) is 16.0 Å². The Morgan fingerprint density at radius 3 is 1.37 bits per heavy atom. The average molecular weight is 790 g/mol. The summed E-state index contributed by atoms with van der Waals surface area (Å²) in [6.07, 6.45) is 0. The monoisotopic (exact) mass is 789 g/mol. The zero-order valence-corrected chi connectivity index (χ0v) is 34.0. The third-order valence-corrected chi connectivity index (χ3v) is 17.8. The van der Waals surface area contributed by atoms with Gasteiger partial charge in [0.05, 0.1) is 28.4 Å². The number of benzene rings is 8. The van der Waals surface area contributed by atoms with E-state index in [4.69, 9.17) is 0 Å². The number of nitrogens with zero attached hydrogens (tertiary/aromatic N) is 1. The molecule has 288 valence electrons. The topological polar surface area (TPSA) is 38.5 Å². The van der Waals surface area contributed by atoms with Crippen molar-refractivity contribution in [3.63, 3.8) is 0 Å². The van der Waals surface area contributed by atoms with E-state index in [-0.39, 0.29) is 51.5 Å². The minimum Gasteiger partial charge on any atom is -0.308 e. The Kier molecular flexibility index (Phi) is 4.87. The summed E-state index contributed by atoms with van der Waals surface area (Å²) in [4.78, 5) is 30.6. The van der Waals surface area contributed by atoms with Crippen molar-refractivity contribution in [3.05, 3.63) is 230 Å². The molecule has 62 heavy (non-hydrogen) atoms. The molecule has 3 nitrogen and oxygen atoms in total. The van der Waals surface area contributed by atoms with Gasteiger partial charge in [0.2, 0.25) is 0 Å². The Morgan fingerprint density at radius 1 is 0.403 bits per heavy atom. The van der Waals surface area contributed by atoms with E-state index in [0.717, 1.165) is 33.3 Å². The number of hydrogen-bond donors (Lipinski definition) is 0. The Labute approximate surface area is 356 Å². The molecule has 2 heterocycles. The fourth-order valence-electron chi connectivity index (χ4n) is 15.7. The molecule has 0 fully saturated rings. The molecule has 2 aromatic heterocycles. The number of rotatable bonds is 0. The molecule has 8 aromatic carbocycles. The van der Waals surface area contributed by atoms with Crippen LogP contribution in [0.4, 0.5) is 0 Å². The predicted molar refractivity (Wildman–Crippen MR) is 244 cm³/mol. The predicted octanol–water partition coefficient (Wildman–Crippen LogP) is 12.6. The maximum Gasteiger partial charge on any atom is 0.171 e. The lowest BCUT2D eigenvalue weighted by molar-refractivity contribution is 0.0839. The molecule has 0 saturated carbocycles. The van der Waals surface area contributed by atoms with Gasteiger partial charge in [0.15, 0.2) is 11.6 Å². The highest BCUT2D eigenvalue weighted by Crippen LogP contribution is 2.75. The lowest BCUT2D eigenvalue weighted by Crippen LogP contribution is -2.61. The van der Waals surface area contributed by atoms with Crippen LogP contribution in [0.1, 0.15) is 125 Å². The first-order valence-electron chi connectivity index (χ1n) is 22.3. The van der Waals surface area contributed by atoms with Gasteiger partial charge in [-0.15, -0.1) is 0 Å². The summed E-state index contributed by atoms with van der Waals surface area (Å²) in [7, 11) is 0. The van der Waals surface area contributed by atoms with Crippen LogP contribution in [0.15, 0.2) is 152 Å². The number of fused-ring (bicyclic) bond motifs is 22. The third-order valence-electron chi connectivity index (χ3n) is 17.8. The van der Waals surface area contributed by atoms with E-state index in [1.54, 1.807) is 0 Å². The Balaban J connectivity index is 1.02. The van der Waals surface area contributed by atoms with Crippen LogP contribution in [0, 0.1) is 0 Å². The standard InChI is InChI=1S/C59H35NO2/c1-57(2)40-18-8-3-13-28(40)48-45(57)25-36-33-23-34-37(55(61)52-31-16-6-11-21-43(31)58(52)41-19-9-4-14-29(41)50(34)58)26-46(33)60-47-27-38-35(24-39(47)49(48)54(36)60)51-30-15-5-10-20-42(30)59(51)44-22-12-7-17-32(44)53(59)56(38)62/h3-27,50-53H,1-2H3. The van der Waals surface area contributed by atoms with Crippen LogP contribution in [0.2, 0.25) is 0 Å². The fourth-order valence-corrected chi connectivity index (χ4v) is 15.7. The SMILES string of the molecule is CC1(C)c2ccccc2-c2c1cc1c3cc4c(cc3n3c5cc6c(cc5c2c13)C1c2ccccc2C12c1ccccc1C2C6=O)C(=O)C1c2ccccc2C12c1ccccc1C42. The quantitative estimate of drug-likeness (QED) is 0.153. The molecule has 0 bridgehead atoms. The van der Waals surface area contributed by atoms with Gasteiger partial charge in [-0.25, -0.2) is 0 Å². The van der Waals surface area contributed by atoms with Crippen molar-refractivity contribution in [2.24, 2.45) is 0 Å². The van der Waals surface area contributed by atoms with Crippen LogP contribution < -0.4 is 0 Å². The summed E-state index contributed by atoms with van der Waals surface area (Å²) in [5.41, 5.74) is 22.0. The fraction of sp³-hybridized carbons (Fsp3) is 0.153. The summed E-state index contributed by atoms with van der Waals surface area (Å²) in [6, 6.07) is 55.9. The Bertz CT molecular complexity index is 3940. The number of carbonyl (C=O) groups excluding carboxylic acids is 2. The van der Waals surface area contributed by atoms with Crippen molar-refractivity contribution in [1.82, 2.24) is 4.40 Å². The first-order chi connectivity index (χ1) is 30.4. The molecule has 0 aliphatic heterocycles. The van der Waals surface area contributed by atoms with E-state index in [1.165, 1.54) is 93.8 Å². The van der Waals surface area contributed by atoms with E-state index >= 15 is 9.59 Å². The second-order valence-corrected chi connectivity index (χ2v) is 20.0. The van der Waals surface area contributed by atoms with Gasteiger partial charge in [-0.3, -0.25) is 9.59 Å². The molecule has 0 amide bonds. The Morgan fingerprint density at radius 2 is 0.839 bits per heavy atom. The highest BCUT2D eigenvalue weighted by Gasteiger charge is 2.70. The molecular weight excluding hydrogens is 755 g/mol. The molecule has 6 atom stereocenters. The largest absolute Gasteiger partial charge is 0.308 e. The van der Waals surface area contributed by atoms with Crippen molar-refractivity contribution in [1.29, 1.82) is 0 Å². The van der Waals surface area contributed by atoms with Crippen molar-refractivity contribution >= 4 is 49.7 Å². The molecule has 17 rings (SSSR count). The lowest BCUT2D eigenvalue weighted by atomic mass is 9.36. The van der Waals surface area contributed by atoms with Gasteiger partial charge in [0.1, 0.15) is 0 Å². The minimum absolute atomic E-state index is 0.102. The number of hydrogen-bond acceptors (Lipinski definition) is 2. The second kappa shape index (κ2) is 9.52. The maximum absolute atomic E-state index is 15.3. The molecule has 6 unspecified atom stereocenters. The highest BCUT2D eigenvalue weighted by atomic mass is 16.1. The maximum atomic E-state index is 15.3. The normalized spacial score (nSPS) is 26.2. The highest BCUT2D eigenvalue weighted by molar-refractivity contribution is 6.30. The zero-order chi connectivity index (χ0) is 40.5. The van der Waals surface area contributed by atoms with E-state index in [2.05, 4.69) is 170 Å². The van der Waals surface area contributed by atoms with Crippen molar-refractivity contribution in [2.45, 2.75) is 53.8 Å². The number of carbonyl (C=O) groups is 2.